The largest absolute Gasteiger partial charge is 0.472 e. The Labute approximate surface area is 200 Å². The standard InChI is InChI=1S/C20H10BrF3IN3O4/c21-17-13(25)2-1-3-16(17)31-19-12(20(22,23)24)7-11(8-29)18(26-19)30-9-10-4-5-14-15(6-10)28-32-27-14/h1-8H,9H2. The van der Waals surface area contributed by atoms with Crippen LogP contribution >= 0.6 is 38.5 Å². The van der Waals surface area contributed by atoms with Crippen molar-refractivity contribution in [1.29, 1.82) is 0 Å². The molecule has 0 N–H and O–H groups in total. The van der Waals surface area contributed by atoms with Crippen molar-refractivity contribution in [3.63, 3.8) is 0 Å². The van der Waals surface area contributed by atoms with E-state index in [4.69, 9.17) is 9.47 Å². The van der Waals surface area contributed by atoms with Crippen molar-refractivity contribution >= 4 is 55.8 Å². The van der Waals surface area contributed by atoms with E-state index in [2.05, 4.69) is 35.9 Å². The minimum atomic E-state index is -4.81. The molecule has 0 atom stereocenters. The van der Waals surface area contributed by atoms with Gasteiger partial charge in [0.25, 0.3) is 0 Å². The van der Waals surface area contributed by atoms with Gasteiger partial charge in [-0.1, -0.05) is 12.1 Å². The predicted octanol–water partition coefficient (Wildman–Crippen LogP) is 6.19. The molecule has 0 unspecified atom stereocenters. The van der Waals surface area contributed by atoms with Crippen molar-refractivity contribution in [3.05, 3.63) is 67.2 Å². The van der Waals surface area contributed by atoms with Gasteiger partial charge < -0.3 is 9.47 Å². The molecular weight excluding hydrogens is 610 g/mol. The SMILES string of the molecule is O=Cc1cc(C(F)(F)F)c(Oc2cccc(I)c2Br)nc1OCc1ccc2nonc2c1. The Morgan fingerprint density at radius 2 is 1.88 bits per heavy atom. The molecule has 0 spiro atoms. The van der Waals surface area contributed by atoms with Crippen molar-refractivity contribution < 1.29 is 32.1 Å². The monoisotopic (exact) mass is 619 g/mol. The highest BCUT2D eigenvalue weighted by molar-refractivity contribution is 14.1. The first-order valence-corrected chi connectivity index (χ1v) is 10.7. The van der Waals surface area contributed by atoms with E-state index >= 15 is 0 Å². The van der Waals surface area contributed by atoms with Crippen LogP contribution in [-0.2, 0) is 12.8 Å². The molecule has 0 amide bonds. The molecule has 0 fully saturated rings. The molecule has 0 aliphatic heterocycles. The van der Waals surface area contributed by atoms with Gasteiger partial charge >= 0.3 is 6.18 Å². The number of aromatic nitrogens is 3. The van der Waals surface area contributed by atoms with Gasteiger partial charge in [0.05, 0.1) is 10.0 Å². The fraction of sp³-hybridized carbons (Fsp3) is 0.100. The summed E-state index contributed by atoms with van der Waals surface area (Å²) in [4.78, 5) is 15.3. The maximum absolute atomic E-state index is 13.6. The number of nitrogens with zero attached hydrogens (tertiary/aromatic N) is 3. The van der Waals surface area contributed by atoms with Crippen molar-refractivity contribution in [1.82, 2.24) is 15.3 Å². The first kappa shape index (κ1) is 22.5. The lowest BCUT2D eigenvalue weighted by Gasteiger charge is -2.16. The fourth-order valence-electron chi connectivity index (χ4n) is 2.71. The quantitative estimate of drug-likeness (QED) is 0.188. The van der Waals surface area contributed by atoms with E-state index in [9.17, 15) is 18.0 Å². The highest BCUT2D eigenvalue weighted by Gasteiger charge is 2.37. The fourth-order valence-corrected chi connectivity index (χ4v) is 3.53. The van der Waals surface area contributed by atoms with Gasteiger partial charge in [-0.2, -0.15) is 18.2 Å². The Hall–Kier alpha value is -2.74. The molecule has 2 aromatic heterocycles. The maximum Gasteiger partial charge on any atom is 0.421 e. The van der Waals surface area contributed by atoms with Crippen LogP contribution in [0.3, 0.4) is 0 Å². The molecule has 0 bridgehead atoms. The molecular formula is C20H10BrF3IN3O4. The van der Waals surface area contributed by atoms with E-state index in [0.717, 1.165) is 3.57 Å². The van der Waals surface area contributed by atoms with E-state index in [1.54, 1.807) is 30.3 Å². The van der Waals surface area contributed by atoms with Crippen LogP contribution < -0.4 is 9.47 Å². The molecule has 0 aliphatic rings. The first-order valence-electron chi connectivity index (χ1n) is 8.79. The molecule has 4 aromatic rings. The number of alkyl halides is 3. The van der Waals surface area contributed by atoms with E-state index in [-0.39, 0.29) is 30.1 Å². The zero-order chi connectivity index (χ0) is 22.9. The number of carbonyl (C=O) groups is 1. The molecule has 0 radical (unpaired) electrons. The third-order valence-corrected chi connectivity index (χ3v) is 6.69. The Kier molecular flexibility index (Phi) is 6.33. The molecule has 2 aromatic carbocycles. The van der Waals surface area contributed by atoms with Crippen LogP contribution in [-0.4, -0.2) is 21.6 Å². The summed E-state index contributed by atoms with van der Waals surface area (Å²) in [5.74, 6) is -0.913. The number of hydrogen-bond acceptors (Lipinski definition) is 7. The minimum absolute atomic E-state index is 0.0889. The van der Waals surface area contributed by atoms with Gasteiger partial charge in [-0.3, -0.25) is 4.79 Å². The molecule has 2 heterocycles. The lowest BCUT2D eigenvalue weighted by Crippen LogP contribution is -2.11. The van der Waals surface area contributed by atoms with E-state index in [1.807, 2.05) is 22.6 Å². The van der Waals surface area contributed by atoms with Crippen molar-refractivity contribution in [2.75, 3.05) is 0 Å². The summed E-state index contributed by atoms with van der Waals surface area (Å²) < 4.78 is 57.8. The van der Waals surface area contributed by atoms with Gasteiger partial charge in [-0.25, -0.2) is 4.63 Å². The number of benzene rings is 2. The van der Waals surface area contributed by atoms with Crippen LogP contribution in [0.5, 0.6) is 17.5 Å². The minimum Gasteiger partial charge on any atom is -0.472 e. The average molecular weight is 620 g/mol. The van der Waals surface area contributed by atoms with Crippen molar-refractivity contribution in [2.45, 2.75) is 12.8 Å². The second-order valence-electron chi connectivity index (χ2n) is 6.38. The number of pyridine rings is 1. The van der Waals surface area contributed by atoms with Crippen LogP contribution in [0.2, 0.25) is 0 Å². The smallest absolute Gasteiger partial charge is 0.421 e. The first-order chi connectivity index (χ1) is 15.3. The average Bonchev–Trinajstić information content (AvgIpc) is 3.22. The highest BCUT2D eigenvalue weighted by Crippen LogP contribution is 2.41. The summed E-state index contributed by atoms with van der Waals surface area (Å²) >= 11 is 5.29. The number of fused-ring (bicyclic) bond motifs is 1. The molecule has 0 saturated carbocycles. The molecule has 32 heavy (non-hydrogen) atoms. The van der Waals surface area contributed by atoms with Crippen LogP contribution in [0.4, 0.5) is 13.2 Å². The zero-order valence-corrected chi connectivity index (χ0v) is 19.4. The molecule has 7 nitrogen and oxygen atoms in total. The topological polar surface area (TPSA) is 87.3 Å². The van der Waals surface area contributed by atoms with Gasteiger partial charge in [0.2, 0.25) is 11.8 Å². The molecule has 0 aliphatic carbocycles. The second-order valence-corrected chi connectivity index (χ2v) is 8.34. The van der Waals surface area contributed by atoms with Crippen LogP contribution in [0, 0.1) is 3.57 Å². The summed E-state index contributed by atoms with van der Waals surface area (Å²) in [6.07, 6.45) is -4.56. The summed E-state index contributed by atoms with van der Waals surface area (Å²) in [6, 6.07) is 10.5. The Morgan fingerprint density at radius 1 is 1.09 bits per heavy atom. The van der Waals surface area contributed by atoms with E-state index in [1.165, 1.54) is 6.07 Å². The van der Waals surface area contributed by atoms with Crippen LogP contribution in [0.1, 0.15) is 21.5 Å². The summed E-state index contributed by atoms with van der Waals surface area (Å²) in [5.41, 5.74) is 0.0707. The molecule has 164 valence electrons. The lowest BCUT2D eigenvalue weighted by atomic mass is 10.2. The van der Waals surface area contributed by atoms with E-state index < -0.39 is 17.6 Å². The number of ether oxygens (including phenoxy) is 2. The van der Waals surface area contributed by atoms with Gasteiger partial charge in [-0.05, 0) is 84.7 Å². The van der Waals surface area contributed by atoms with Crippen molar-refractivity contribution in [3.8, 4) is 17.5 Å². The Bertz CT molecular complexity index is 1310. The second kappa shape index (κ2) is 9.02. The normalized spacial score (nSPS) is 11.5. The third kappa shape index (κ3) is 4.70. The van der Waals surface area contributed by atoms with Crippen LogP contribution in [0.25, 0.3) is 11.0 Å². The van der Waals surface area contributed by atoms with Gasteiger partial charge in [-0.15, -0.1) is 0 Å². The van der Waals surface area contributed by atoms with Gasteiger partial charge in [0.15, 0.2) is 6.29 Å². The third-order valence-electron chi connectivity index (χ3n) is 4.23. The van der Waals surface area contributed by atoms with Gasteiger partial charge in [0, 0.05) is 3.57 Å². The van der Waals surface area contributed by atoms with Gasteiger partial charge in [0.1, 0.15) is 29.0 Å². The summed E-state index contributed by atoms with van der Waals surface area (Å²) in [5, 5.41) is 7.41. The number of halogens is 5. The van der Waals surface area contributed by atoms with E-state index in [0.29, 0.717) is 27.1 Å². The molecule has 12 heteroatoms. The molecule has 4 rings (SSSR count). The maximum atomic E-state index is 13.6. The lowest BCUT2D eigenvalue weighted by molar-refractivity contribution is -0.138. The number of rotatable bonds is 6. The summed E-state index contributed by atoms with van der Waals surface area (Å²) in [7, 11) is 0. The predicted molar refractivity (Wildman–Crippen MR) is 118 cm³/mol. The number of hydrogen-bond donors (Lipinski definition) is 0. The highest BCUT2D eigenvalue weighted by atomic mass is 127. The Morgan fingerprint density at radius 3 is 2.62 bits per heavy atom. The molecule has 0 saturated heterocycles. The Balaban J connectivity index is 1.70. The number of carbonyl (C=O) groups excluding carboxylic acids is 1. The number of aldehydes is 1. The zero-order valence-electron chi connectivity index (χ0n) is 15.7. The summed E-state index contributed by atoms with van der Waals surface area (Å²) in [6.45, 7) is -0.0889. The van der Waals surface area contributed by atoms with Crippen molar-refractivity contribution in [2.24, 2.45) is 0 Å². The van der Waals surface area contributed by atoms with Crippen LogP contribution in [0.15, 0.2) is 51.6 Å².